The van der Waals surface area contributed by atoms with Crippen molar-refractivity contribution in [1.82, 2.24) is 20.8 Å². The predicted octanol–water partition coefficient (Wildman–Crippen LogP) is 3.78. The number of carbonyl (C=O) groups excluding carboxylic acids is 1. The molecule has 1 heterocycles. The molecule has 2 aromatic rings. The molecule has 0 radical (unpaired) electrons. The zero-order chi connectivity index (χ0) is 20.1. The van der Waals surface area contributed by atoms with E-state index in [0.717, 1.165) is 31.2 Å². The third-order valence-electron chi connectivity index (χ3n) is 5.46. The van der Waals surface area contributed by atoms with Crippen LogP contribution >= 0.6 is 0 Å². The van der Waals surface area contributed by atoms with E-state index in [0.29, 0.717) is 11.7 Å². The van der Waals surface area contributed by atoms with Crippen LogP contribution < -0.4 is 10.6 Å². The summed E-state index contributed by atoms with van der Waals surface area (Å²) in [4.78, 5) is 17.1. The standard InChI is InChI=1S/C21H29FN4O2/c1-14(2)19(16-7-9-17(22)10-8-16)25-18(27)13-23-21(11-5-4-6-12-21)20-24-15(3)28-26-20/h7-10,14,19,23H,4-6,11-13H2,1-3H3,(H,25,27). The third-order valence-corrected chi connectivity index (χ3v) is 5.46. The van der Waals surface area contributed by atoms with Gasteiger partial charge in [0.05, 0.1) is 18.1 Å². The number of carbonyl (C=O) groups is 1. The van der Waals surface area contributed by atoms with E-state index in [1.165, 1.54) is 18.6 Å². The molecule has 7 heteroatoms. The van der Waals surface area contributed by atoms with Crippen molar-refractivity contribution in [3.63, 3.8) is 0 Å². The van der Waals surface area contributed by atoms with Crippen LogP contribution in [-0.4, -0.2) is 22.6 Å². The van der Waals surface area contributed by atoms with E-state index in [1.807, 2.05) is 13.8 Å². The Labute approximate surface area is 165 Å². The first-order valence-electron chi connectivity index (χ1n) is 10.0. The van der Waals surface area contributed by atoms with Crippen molar-refractivity contribution in [2.45, 2.75) is 64.5 Å². The number of nitrogens with one attached hydrogen (secondary N) is 2. The molecule has 152 valence electrons. The quantitative estimate of drug-likeness (QED) is 0.755. The van der Waals surface area contributed by atoms with Gasteiger partial charge in [-0.2, -0.15) is 4.98 Å². The van der Waals surface area contributed by atoms with E-state index in [1.54, 1.807) is 19.1 Å². The largest absolute Gasteiger partial charge is 0.348 e. The minimum absolute atomic E-state index is 0.104. The van der Waals surface area contributed by atoms with Crippen LogP contribution in [0.25, 0.3) is 0 Å². The van der Waals surface area contributed by atoms with Crippen LogP contribution in [0.4, 0.5) is 4.39 Å². The summed E-state index contributed by atoms with van der Waals surface area (Å²) in [5, 5.41) is 10.6. The second-order valence-corrected chi connectivity index (χ2v) is 7.97. The average Bonchev–Trinajstić information content (AvgIpc) is 3.13. The molecule has 1 atom stereocenters. The first-order chi connectivity index (χ1) is 13.4. The van der Waals surface area contributed by atoms with Crippen molar-refractivity contribution in [2.75, 3.05) is 6.54 Å². The van der Waals surface area contributed by atoms with Crippen molar-refractivity contribution in [2.24, 2.45) is 5.92 Å². The number of rotatable bonds is 7. The second kappa shape index (κ2) is 8.82. The molecule has 1 unspecified atom stereocenters. The maximum absolute atomic E-state index is 13.2. The van der Waals surface area contributed by atoms with Gasteiger partial charge in [-0.15, -0.1) is 0 Å². The number of amides is 1. The molecule has 6 nitrogen and oxygen atoms in total. The summed E-state index contributed by atoms with van der Waals surface area (Å²) in [5.74, 6) is 0.957. The lowest BCUT2D eigenvalue weighted by atomic mass is 9.81. The summed E-state index contributed by atoms with van der Waals surface area (Å²) < 4.78 is 18.4. The molecule has 1 aliphatic rings. The Bertz CT molecular complexity index is 782. The molecule has 0 spiro atoms. The normalized spacial score (nSPS) is 17.5. The van der Waals surface area contributed by atoms with Crippen molar-refractivity contribution in [3.8, 4) is 0 Å². The first-order valence-corrected chi connectivity index (χ1v) is 10.0. The molecular weight excluding hydrogens is 359 g/mol. The smallest absolute Gasteiger partial charge is 0.234 e. The van der Waals surface area contributed by atoms with Gasteiger partial charge in [0.1, 0.15) is 5.82 Å². The lowest BCUT2D eigenvalue weighted by Crippen LogP contribution is -2.49. The molecule has 1 aliphatic carbocycles. The fourth-order valence-electron chi connectivity index (χ4n) is 3.91. The Balaban J connectivity index is 1.67. The Morgan fingerprint density at radius 1 is 1.21 bits per heavy atom. The van der Waals surface area contributed by atoms with Crippen LogP contribution in [-0.2, 0) is 10.3 Å². The zero-order valence-corrected chi connectivity index (χ0v) is 16.8. The van der Waals surface area contributed by atoms with Crippen LogP contribution in [0, 0.1) is 18.7 Å². The number of hydrogen-bond donors (Lipinski definition) is 2. The van der Waals surface area contributed by atoms with Crippen molar-refractivity contribution >= 4 is 5.91 Å². The average molecular weight is 388 g/mol. The highest BCUT2D eigenvalue weighted by atomic mass is 19.1. The Kier molecular flexibility index (Phi) is 6.44. The molecule has 3 rings (SSSR count). The topological polar surface area (TPSA) is 80.0 Å². The lowest BCUT2D eigenvalue weighted by Gasteiger charge is -2.35. The molecule has 0 bridgehead atoms. The summed E-state index contributed by atoms with van der Waals surface area (Å²) >= 11 is 0. The number of benzene rings is 1. The van der Waals surface area contributed by atoms with E-state index < -0.39 is 5.54 Å². The van der Waals surface area contributed by atoms with E-state index in [9.17, 15) is 9.18 Å². The van der Waals surface area contributed by atoms with Gasteiger partial charge < -0.3 is 9.84 Å². The highest BCUT2D eigenvalue weighted by Crippen LogP contribution is 2.35. The fraction of sp³-hybridized carbons (Fsp3) is 0.571. The van der Waals surface area contributed by atoms with Gasteiger partial charge >= 0.3 is 0 Å². The minimum Gasteiger partial charge on any atom is -0.348 e. The van der Waals surface area contributed by atoms with Gasteiger partial charge in [0.15, 0.2) is 5.82 Å². The molecule has 0 aliphatic heterocycles. The van der Waals surface area contributed by atoms with E-state index in [4.69, 9.17) is 4.52 Å². The van der Waals surface area contributed by atoms with Crippen LogP contribution in [0.5, 0.6) is 0 Å². The summed E-state index contributed by atoms with van der Waals surface area (Å²) in [7, 11) is 0. The van der Waals surface area contributed by atoms with Gasteiger partial charge in [-0.05, 0) is 36.5 Å². The molecule has 1 saturated carbocycles. The van der Waals surface area contributed by atoms with Gasteiger partial charge in [-0.1, -0.05) is 50.4 Å². The number of aromatic nitrogens is 2. The van der Waals surface area contributed by atoms with Crippen LogP contribution in [0.15, 0.2) is 28.8 Å². The van der Waals surface area contributed by atoms with Gasteiger partial charge in [0, 0.05) is 6.92 Å². The monoisotopic (exact) mass is 388 g/mol. The van der Waals surface area contributed by atoms with Crippen LogP contribution in [0.2, 0.25) is 0 Å². The molecule has 0 saturated heterocycles. The number of nitrogens with zero attached hydrogens (tertiary/aromatic N) is 2. The maximum Gasteiger partial charge on any atom is 0.234 e. The van der Waals surface area contributed by atoms with E-state index in [-0.39, 0.29) is 30.2 Å². The summed E-state index contributed by atoms with van der Waals surface area (Å²) in [5.41, 5.74) is 0.474. The van der Waals surface area contributed by atoms with E-state index in [2.05, 4.69) is 20.8 Å². The molecule has 2 N–H and O–H groups in total. The molecule has 1 amide bonds. The number of halogens is 1. The van der Waals surface area contributed by atoms with Gasteiger partial charge in [-0.3, -0.25) is 10.1 Å². The number of aryl methyl sites for hydroxylation is 1. The number of hydrogen-bond acceptors (Lipinski definition) is 5. The maximum atomic E-state index is 13.2. The van der Waals surface area contributed by atoms with E-state index >= 15 is 0 Å². The molecule has 1 aromatic heterocycles. The first kappa shape index (κ1) is 20.5. The molecule has 1 fully saturated rings. The summed E-state index contributed by atoms with van der Waals surface area (Å²) in [6.07, 6.45) is 5.06. The highest BCUT2D eigenvalue weighted by molar-refractivity contribution is 5.78. The Morgan fingerprint density at radius 2 is 1.89 bits per heavy atom. The van der Waals surface area contributed by atoms with Gasteiger partial charge in [0.25, 0.3) is 0 Å². The highest BCUT2D eigenvalue weighted by Gasteiger charge is 2.38. The van der Waals surface area contributed by atoms with Crippen molar-refractivity contribution < 1.29 is 13.7 Å². The lowest BCUT2D eigenvalue weighted by molar-refractivity contribution is -0.121. The Morgan fingerprint density at radius 3 is 2.46 bits per heavy atom. The minimum atomic E-state index is -0.420. The van der Waals surface area contributed by atoms with Gasteiger partial charge in [-0.25, -0.2) is 4.39 Å². The zero-order valence-electron chi connectivity index (χ0n) is 16.8. The van der Waals surface area contributed by atoms with Crippen molar-refractivity contribution in [1.29, 1.82) is 0 Å². The van der Waals surface area contributed by atoms with Crippen LogP contribution in [0.1, 0.15) is 69.3 Å². The third kappa shape index (κ3) is 4.76. The Hall–Kier alpha value is -2.28. The van der Waals surface area contributed by atoms with Crippen LogP contribution in [0.3, 0.4) is 0 Å². The SMILES string of the molecule is Cc1nc(C2(NCC(=O)NC(c3ccc(F)cc3)C(C)C)CCCCC2)no1. The second-order valence-electron chi connectivity index (χ2n) is 7.97. The van der Waals surface area contributed by atoms with Crippen molar-refractivity contribution in [3.05, 3.63) is 47.4 Å². The molecule has 1 aromatic carbocycles. The summed E-state index contributed by atoms with van der Waals surface area (Å²) in [6, 6.07) is 6.11. The molecule has 28 heavy (non-hydrogen) atoms. The molecular formula is C21H29FN4O2. The summed E-state index contributed by atoms with van der Waals surface area (Å²) in [6.45, 7) is 6.01. The predicted molar refractivity (Wildman–Crippen MR) is 104 cm³/mol. The fourth-order valence-corrected chi connectivity index (χ4v) is 3.91. The van der Waals surface area contributed by atoms with Gasteiger partial charge in [0.2, 0.25) is 11.8 Å².